The van der Waals surface area contributed by atoms with Gasteiger partial charge in [0.1, 0.15) is 29.7 Å². The smallest absolute Gasteiger partial charge is 0.337 e. The third kappa shape index (κ3) is 4.62. The van der Waals surface area contributed by atoms with Crippen LogP contribution in [0, 0.1) is 17.4 Å². The first-order valence-corrected chi connectivity index (χ1v) is 10.6. The molecule has 1 atom stereocenters. The number of hydrogen-bond donors (Lipinski definition) is 1. The van der Waals surface area contributed by atoms with Crippen LogP contribution in [-0.2, 0) is 11.0 Å². The largest absolute Gasteiger partial charge is 0.530 e. The van der Waals surface area contributed by atoms with Crippen molar-refractivity contribution in [2.45, 2.75) is 25.4 Å². The van der Waals surface area contributed by atoms with Crippen molar-refractivity contribution in [3.05, 3.63) is 46.5 Å². The van der Waals surface area contributed by atoms with Gasteiger partial charge in [0.15, 0.2) is 5.13 Å². The number of carbonyl (C=O) groups is 2. The average molecular weight is 463 g/mol. The van der Waals surface area contributed by atoms with Crippen LogP contribution in [0.25, 0.3) is 4.85 Å². The zero-order valence-electron chi connectivity index (χ0n) is 16.7. The fraction of sp³-hybridized carbons (Fsp3) is 0.400. The summed E-state index contributed by atoms with van der Waals surface area (Å²) in [5, 5.41) is 4.46. The number of carbonyl (C=O) groups excluding carboxylic acids is 2. The molecule has 0 bridgehead atoms. The Bertz CT molecular complexity index is 1110. The van der Waals surface area contributed by atoms with Crippen molar-refractivity contribution < 1.29 is 22.8 Å². The Morgan fingerprint density at radius 1 is 1.34 bits per heavy atom. The number of likely N-dealkylation sites (tertiary alicyclic amines) is 1. The minimum atomic E-state index is -4.50. The number of aromatic nitrogens is 3. The van der Waals surface area contributed by atoms with Crippen molar-refractivity contribution in [3.63, 3.8) is 0 Å². The minimum Gasteiger partial charge on any atom is -0.337 e. The Morgan fingerprint density at radius 3 is 2.69 bits per heavy atom. The van der Waals surface area contributed by atoms with E-state index in [-0.39, 0.29) is 28.9 Å². The molecular formula is C20H18F3N6O2S+. The monoisotopic (exact) mass is 463 g/mol. The number of halogens is 3. The molecule has 2 amide bonds. The van der Waals surface area contributed by atoms with E-state index >= 15 is 0 Å². The highest BCUT2D eigenvalue weighted by molar-refractivity contribution is 7.14. The number of rotatable bonds is 3. The highest BCUT2D eigenvalue weighted by Gasteiger charge is 2.54. The van der Waals surface area contributed by atoms with Crippen LogP contribution in [0.15, 0.2) is 30.4 Å². The van der Waals surface area contributed by atoms with Crippen LogP contribution in [0.5, 0.6) is 0 Å². The van der Waals surface area contributed by atoms with E-state index in [2.05, 4.69) is 37.8 Å². The van der Waals surface area contributed by atoms with Gasteiger partial charge in [0.25, 0.3) is 5.91 Å². The van der Waals surface area contributed by atoms with Crippen molar-refractivity contribution in [1.29, 1.82) is 0 Å². The van der Waals surface area contributed by atoms with Crippen LogP contribution in [0.1, 0.15) is 35.3 Å². The summed E-state index contributed by atoms with van der Waals surface area (Å²) in [5.74, 6) is -0.741. The topological polar surface area (TPSA) is 92.4 Å². The number of anilines is 1. The molecule has 32 heavy (non-hydrogen) atoms. The number of nitrogens with zero attached hydrogens (tertiary/aromatic N) is 5. The summed E-state index contributed by atoms with van der Waals surface area (Å²) < 4.78 is 37.9. The molecule has 12 heteroatoms. The fourth-order valence-corrected chi connectivity index (χ4v) is 4.30. The zero-order valence-corrected chi connectivity index (χ0v) is 17.5. The number of amides is 2. The molecule has 1 N–H and O–H groups in total. The summed E-state index contributed by atoms with van der Waals surface area (Å²) in [6.45, 7) is 4.35. The summed E-state index contributed by atoms with van der Waals surface area (Å²) in [7, 11) is 0. The highest BCUT2D eigenvalue weighted by Crippen LogP contribution is 2.55. The van der Waals surface area contributed by atoms with E-state index in [0.717, 1.165) is 30.3 Å². The number of thiazole rings is 1. The first-order chi connectivity index (χ1) is 15.2. The van der Waals surface area contributed by atoms with Crippen LogP contribution in [0.4, 0.5) is 24.3 Å². The van der Waals surface area contributed by atoms with Crippen molar-refractivity contribution in [2.24, 2.45) is 11.3 Å². The number of nitrogens with one attached hydrogen (secondary N) is 1. The lowest BCUT2D eigenvalue weighted by molar-refractivity contribution is -0.138. The second-order valence-electron chi connectivity index (χ2n) is 7.67. The molecule has 2 aromatic heterocycles. The molecule has 0 aromatic carbocycles. The molecule has 4 rings (SSSR count). The predicted octanol–water partition coefficient (Wildman–Crippen LogP) is 3.98. The molecule has 2 fully saturated rings. The predicted molar refractivity (Wildman–Crippen MR) is 111 cm³/mol. The van der Waals surface area contributed by atoms with Gasteiger partial charge in [-0.2, -0.15) is 18.0 Å². The van der Waals surface area contributed by atoms with Crippen LogP contribution >= 0.6 is 11.3 Å². The Kier molecular flexibility index (Phi) is 5.68. The molecule has 2 aromatic rings. The van der Waals surface area contributed by atoms with Crippen LogP contribution < -0.4 is 5.32 Å². The lowest BCUT2D eigenvalue weighted by atomic mass is 9.83. The molecule has 3 heterocycles. The van der Waals surface area contributed by atoms with Gasteiger partial charge in [-0.15, -0.1) is 11.3 Å². The van der Waals surface area contributed by atoms with Gasteiger partial charge in [0, 0.05) is 23.9 Å². The summed E-state index contributed by atoms with van der Waals surface area (Å²) in [6.07, 6.45) is 0.421. The van der Waals surface area contributed by atoms with Gasteiger partial charge >= 0.3 is 12.1 Å². The minimum absolute atomic E-state index is 0.0460. The van der Waals surface area contributed by atoms with E-state index in [0.29, 0.717) is 37.0 Å². The van der Waals surface area contributed by atoms with Crippen LogP contribution in [0.3, 0.4) is 0 Å². The Balaban J connectivity index is 1.41. The normalized spacial score (nSPS) is 19.1. The summed E-state index contributed by atoms with van der Waals surface area (Å²) >= 11 is 1.16. The zero-order chi connectivity index (χ0) is 22.9. The molecular weight excluding hydrogens is 445 g/mol. The molecule has 1 aliphatic carbocycles. The summed E-state index contributed by atoms with van der Waals surface area (Å²) in [4.78, 5) is 41.5. The number of piperidine rings is 1. The maximum Gasteiger partial charge on any atom is 0.530 e. The van der Waals surface area contributed by atoms with E-state index in [4.69, 9.17) is 0 Å². The van der Waals surface area contributed by atoms with Gasteiger partial charge in [0.05, 0.1) is 5.92 Å². The van der Waals surface area contributed by atoms with Crippen LogP contribution in [0.2, 0.25) is 0 Å². The highest BCUT2D eigenvalue weighted by atomic mass is 32.1. The SMILES string of the molecule is C=CC(=O)Nc1nc(C(=O)N2CCC(C#[N+]c3ncc(C(F)(F)F)cn3)C3(CC3)C2)cs1. The fourth-order valence-electron chi connectivity index (χ4n) is 3.61. The van der Waals surface area contributed by atoms with Crippen molar-refractivity contribution >= 4 is 34.2 Å². The Morgan fingerprint density at radius 2 is 2.06 bits per heavy atom. The molecule has 2 aliphatic rings. The molecule has 1 saturated heterocycles. The van der Waals surface area contributed by atoms with E-state index < -0.39 is 17.6 Å². The molecule has 1 spiro atoms. The van der Waals surface area contributed by atoms with Crippen molar-refractivity contribution in [1.82, 2.24) is 19.9 Å². The molecule has 8 nitrogen and oxygen atoms in total. The first-order valence-electron chi connectivity index (χ1n) is 9.74. The second-order valence-corrected chi connectivity index (χ2v) is 8.53. The van der Waals surface area contributed by atoms with E-state index in [1.807, 2.05) is 0 Å². The third-order valence-electron chi connectivity index (χ3n) is 5.54. The van der Waals surface area contributed by atoms with E-state index in [1.165, 1.54) is 0 Å². The first kappa shape index (κ1) is 21.9. The van der Waals surface area contributed by atoms with Gasteiger partial charge < -0.3 is 4.90 Å². The summed E-state index contributed by atoms with van der Waals surface area (Å²) in [6, 6.07) is 2.99. The number of alkyl halides is 3. The standard InChI is InChI=1S/C20H17F3N6O2S/c1-2-15(30)28-18-27-14(10-32-18)16(31)29-6-3-12(19(11-29)4-5-19)7-24-17-25-8-13(9-26-17)20(21,22)23/h2,8-10,12H,1,3-6,11H2/p+1. The van der Waals surface area contributed by atoms with Gasteiger partial charge in [-0.1, -0.05) is 16.5 Å². The van der Waals surface area contributed by atoms with Gasteiger partial charge in [-0.25, -0.2) is 4.98 Å². The maximum atomic E-state index is 12.9. The van der Waals surface area contributed by atoms with Gasteiger partial charge in [-0.3, -0.25) is 14.9 Å². The molecule has 1 aliphatic heterocycles. The van der Waals surface area contributed by atoms with Crippen molar-refractivity contribution in [2.75, 3.05) is 18.4 Å². The third-order valence-corrected chi connectivity index (χ3v) is 6.29. The molecule has 1 saturated carbocycles. The number of hydrogen-bond acceptors (Lipinski definition) is 6. The Hall–Kier alpha value is -3.33. The van der Waals surface area contributed by atoms with E-state index in [1.54, 1.807) is 10.3 Å². The van der Waals surface area contributed by atoms with Gasteiger partial charge in [0.2, 0.25) is 5.91 Å². The van der Waals surface area contributed by atoms with E-state index in [9.17, 15) is 22.8 Å². The quantitative estimate of drug-likeness (QED) is 0.695. The molecule has 166 valence electrons. The lowest BCUT2D eigenvalue weighted by Gasteiger charge is -2.35. The second kappa shape index (κ2) is 8.31. The lowest BCUT2D eigenvalue weighted by Crippen LogP contribution is -2.44. The molecule has 1 unspecified atom stereocenters. The molecule has 0 radical (unpaired) electrons. The van der Waals surface area contributed by atoms with Crippen molar-refractivity contribution in [3.8, 4) is 6.07 Å². The average Bonchev–Trinajstić information content (AvgIpc) is 3.37. The maximum absolute atomic E-state index is 12.9. The van der Waals surface area contributed by atoms with Gasteiger partial charge in [-0.05, 0) is 25.3 Å². The van der Waals surface area contributed by atoms with Crippen LogP contribution in [-0.4, -0.2) is 44.8 Å². The summed E-state index contributed by atoms with van der Waals surface area (Å²) in [5.41, 5.74) is -0.824. The Labute approximate surface area is 185 Å².